The average Bonchev–Trinajstić information content (AvgIpc) is 2.78. The topological polar surface area (TPSA) is 0 Å². The minimum Gasteiger partial charge on any atom is -0.320 e. The Kier molecular flexibility index (Phi) is 8.47. The Bertz CT molecular complexity index is 892. The van der Waals surface area contributed by atoms with E-state index >= 15 is 0 Å². The van der Waals surface area contributed by atoms with Crippen molar-refractivity contribution in [3.05, 3.63) is 108 Å². The summed E-state index contributed by atoms with van der Waals surface area (Å²) in [6.45, 7) is 7.87. The first-order chi connectivity index (χ1) is 15.6. The summed E-state index contributed by atoms with van der Waals surface area (Å²) in [6.07, 6.45) is 0. The van der Waals surface area contributed by atoms with Gasteiger partial charge in [-0.3, -0.25) is 0 Å². The van der Waals surface area contributed by atoms with Gasteiger partial charge in [0, 0.05) is 16.7 Å². The van der Waals surface area contributed by atoms with Gasteiger partial charge in [-0.05, 0) is 0 Å². The number of quaternary nitrogens is 3. The minimum atomic E-state index is 1.01. The van der Waals surface area contributed by atoms with Crippen LogP contribution < -0.4 is 0 Å². The highest BCUT2D eigenvalue weighted by Crippen LogP contribution is 2.17. The second kappa shape index (κ2) is 11.1. The van der Waals surface area contributed by atoms with Crippen molar-refractivity contribution in [2.75, 3.05) is 61.4 Å². The molecule has 3 aromatic rings. The van der Waals surface area contributed by atoms with Crippen molar-refractivity contribution in [2.45, 2.75) is 19.6 Å². The molecule has 0 atom stereocenters. The van der Waals surface area contributed by atoms with Crippen LogP contribution in [0.4, 0.5) is 0 Å². The molecule has 0 unspecified atom stereocenters. The van der Waals surface area contributed by atoms with Gasteiger partial charge in [0.25, 0.3) is 0 Å². The quantitative estimate of drug-likeness (QED) is 0.336. The van der Waals surface area contributed by atoms with E-state index in [0.717, 1.165) is 46.2 Å². The van der Waals surface area contributed by atoms with Gasteiger partial charge in [0.15, 0.2) is 0 Å². The summed E-state index contributed by atoms with van der Waals surface area (Å²) >= 11 is 0. The fourth-order valence-electron chi connectivity index (χ4n) is 4.63. The summed E-state index contributed by atoms with van der Waals surface area (Å²) < 4.78 is 3.08. The van der Waals surface area contributed by atoms with Gasteiger partial charge in [0.2, 0.25) is 0 Å². The zero-order valence-electron chi connectivity index (χ0n) is 21.5. The van der Waals surface area contributed by atoms with E-state index in [1.807, 2.05) is 0 Å². The largest absolute Gasteiger partial charge is 0.320 e. The molecule has 0 amide bonds. The third kappa shape index (κ3) is 8.77. The van der Waals surface area contributed by atoms with E-state index < -0.39 is 0 Å². The number of hydrogen-bond donors (Lipinski definition) is 0. The molecule has 0 heterocycles. The molecule has 0 N–H and O–H groups in total. The molecule has 176 valence electrons. The highest BCUT2D eigenvalue weighted by atomic mass is 15.4. The number of hydrogen-bond acceptors (Lipinski definition) is 0. The van der Waals surface area contributed by atoms with Crippen molar-refractivity contribution in [1.29, 1.82) is 0 Å². The van der Waals surface area contributed by atoms with Crippen molar-refractivity contribution >= 4 is 0 Å². The lowest BCUT2D eigenvalue weighted by atomic mass is 10.1. The number of likely N-dealkylation sites (N-methyl/N-ethyl adjacent to an activating group) is 3. The summed E-state index contributed by atoms with van der Waals surface area (Å²) in [5.41, 5.74) is 4.27. The fraction of sp³-hybridized carbons (Fsp3) is 0.400. The van der Waals surface area contributed by atoms with Gasteiger partial charge in [-0.2, -0.15) is 0 Å². The number of rotatable bonds is 12. The van der Waals surface area contributed by atoms with E-state index in [1.165, 1.54) is 29.8 Å². The Morgan fingerprint density at radius 1 is 0.394 bits per heavy atom. The van der Waals surface area contributed by atoms with Gasteiger partial charge in [-0.25, -0.2) is 0 Å². The molecule has 0 spiro atoms. The van der Waals surface area contributed by atoms with Crippen molar-refractivity contribution in [3.63, 3.8) is 0 Å². The monoisotopic (exact) mass is 446 g/mol. The van der Waals surface area contributed by atoms with Gasteiger partial charge in [-0.15, -0.1) is 0 Å². The number of nitrogens with zero attached hydrogens (tertiary/aromatic N) is 3. The maximum atomic E-state index is 2.46. The molecule has 0 aliphatic rings. The second-order valence-corrected chi connectivity index (χ2v) is 11.3. The summed E-state index contributed by atoms with van der Waals surface area (Å²) in [6, 6.07) is 32.8. The lowest BCUT2D eigenvalue weighted by Gasteiger charge is -2.40. The second-order valence-electron chi connectivity index (χ2n) is 11.3. The maximum Gasteiger partial charge on any atom is 0.129 e. The molecule has 0 radical (unpaired) electrons. The van der Waals surface area contributed by atoms with Gasteiger partial charge < -0.3 is 13.4 Å². The standard InChI is InChI=1S/C30H44N3/c1-31(2,25-28-15-9-6-10-16-28)21-23-33(5,27-30-19-13-8-14-20-30)24-22-32(3,4)26-29-17-11-7-12-18-29/h6-20H,21-27H2,1-5H3/q+3. The van der Waals surface area contributed by atoms with Gasteiger partial charge in [-0.1, -0.05) is 91.0 Å². The van der Waals surface area contributed by atoms with Crippen LogP contribution in [0.3, 0.4) is 0 Å². The van der Waals surface area contributed by atoms with Crippen LogP contribution in [0.5, 0.6) is 0 Å². The molecule has 0 bridgehead atoms. The van der Waals surface area contributed by atoms with Crippen molar-refractivity contribution in [1.82, 2.24) is 0 Å². The van der Waals surface area contributed by atoms with Gasteiger partial charge >= 0.3 is 0 Å². The minimum absolute atomic E-state index is 1.01. The van der Waals surface area contributed by atoms with E-state index in [-0.39, 0.29) is 0 Å². The molecule has 0 aliphatic heterocycles. The van der Waals surface area contributed by atoms with Crippen LogP contribution in [0.2, 0.25) is 0 Å². The SMILES string of the molecule is C[N+](C)(CC[N+](C)(CC[N+](C)(C)Cc1ccccc1)Cc1ccccc1)Cc1ccccc1. The molecular weight excluding hydrogens is 402 g/mol. The summed E-state index contributed by atoms with van der Waals surface area (Å²) in [5.74, 6) is 0. The Balaban J connectivity index is 1.68. The molecule has 0 saturated carbocycles. The van der Waals surface area contributed by atoms with Crippen molar-refractivity contribution in [2.24, 2.45) is 0 Å². The summed E-state index contributed by atoms with van der Waals surface area (Å²) in [5, 5.41) is 0. The van der Waals surface area contributed by atoms with Crippen LogP contribution >= 0.6 is 0 Å². The Hall–Kier alpha value is -2.46. The molecular formula is C30H44N3+3. The van der Waals surface area contributed by atoms with E-state index in [9.17, 15) is 0 Å². The zero-order valence-corrected chi connectivity index (χ0v) is 21.5. The third-order valence-electron chi connectivity index (χ3n) is 6.80. The van der Waals surface area contributed by atoms with Crippen LogP contribution in [0, 0.1) is 0 Å². The lowest BCUT2D eigenvalue weighted by Crippen LogP contribution is -2.56. The highest BCUT2D eigenvalue weighted by molar-refractivity contribution is 5.15. The molecule has 0 fully saturated rings. The smallest absolute Gasteiger partial charge is 0.129 e. The first kappa shape index (κ1) is 25.2. The predicted molar refractivity (Wildman–Crippen MR) is 140 cm³/mol. The molecule has 3 aromatic carbocycles. The van der Waals surface area contributed by atoms with Gasteiger partial charge in [0.1, 0.15) is 45.8 Å². The molecule has 3 rings (SSSR count). The highest BCUT2D eigenvalue weighted by Gasteiger charge is 2.30. The third-order valence-corrected chi connectivity index (χ3v) is 6.80. The van der Waals surface area contributed by atoms with E-state index in [4.69, 9.17) is 0 Å². The molecule has 0 aliphatic carbocycles. The predicted octanol–water partition coefficient (Wildman–Crippen LogP) is 5.19. The van der Waals surface area contributed by atoms with E-state index in [1.54, 1.807) is 0 Å². The molecule has 3 heteroatoms. The normalized spacial score (nSPS) is 12.6. The van der Waals surface area contributed by atoms with Crippen LogP contribution in [0.25, 0.3) is 0 Å². The van der Waals surface area contributed by atoms with Crippen LogP contribution in [0.1, 0.15) is 16.7 Å². The Labute approximate surface area is 202 Å². The fourth-order valence-corrected chi connectivity index (χ4v) is 4.63. The first-order valence-corrected chi connectivity index (χ1v) is 12.2. The van der Waals surface area contributed by atoms with Gasteiger partial charge in [0.05, 0.1) is 35.2 Å². The Morgan fingerprint density at radius 2 is 0.697 bits per heavy atom. The van der Waals surface area contributed by atoms with Crippen molar-refractivity contribution in [3.8, 4) is 0 Å². The van der Waals surface area contributed by atoms with Crippen LogP contribution in [0.15, 0.2) is 91.0 Å². The first-order valence-electron chi connectivity index (χ1n) is 12.2. The van der Waals surface area contributed by atoms with Crippen molar-refractivity contribution < 1.29 is 13.4 Å². The zero-order chi connectivity index (χ0) is 23.8. The molecule has 0 saturated heterocycles. The van der Waals surface area contributed by atoms with E-state index in [0.29, 0.717) is 0 Å². The Morgan fingerprint density at radius 3 is 1.03 bits per heavy atom. The molecule has 3 nitrogen and oxygen atoms in total. The van der Waals surface area contributed by atoms with Crippen LogP contribution in [-0.4, -0.2) is 74.9 Å². The lowest BCUT2D eigenvalue weighted by molar-refractivity contribution is -0.989. The van der Waals surface area contributed by atoms with E-state index in [2.05, 4.69) is 126 Å². The van der Waals surface area contributed by atoms with Crippen LogP contribution in [-0.2, 0) is 19.6 Å². The number of benzene rings is 3. The summed E-state index contributed by atoms with van der Waals surface area (Å²) in [4.78, 5) is 0. The molecule has 33 heavy (non-hydrogen) atoms. The average molecular weight is 447 g/mol. The molecule has 0 aromatic heterocycles. The summed E-state index contributed by atoms with van der Waals surface area (Å²) in [7, 11) is 11.9. The maximum absolute atomic E-state index is 2.46.